The second-order valence-corrected chi connectivity index (χ2v) is 6.49. The fourth-order valence-corrected chi connectivity index (χ4v) is 2.96. The van der Waals surface area contributed by atoms with Gasteiger partial charge in [0.15, 0.2) is 5.01 Å². The normalized spacial score (nSPS) is 11.0. The van der Waals surface area contributed by atoms with Gasteiger partial charge in [-0.05, 0) is 48.0 Å². The molecule has 0 unspecified atom stereocenters. The van der Waals surface area contributed by atoms with E-state index in [9.17, 15) is 9.18 Å². The van der Waals surface area contributed by atoms with Gasteiger partial charge >= 0.3 is 0 Å². The van der Waals surface area contributed by atoms with Crippen molar-refractivity contribution in [1.29, 1.82) is 5.26 Å². The van der Waals surface area contributed by atoms with E-state index < -0.39 is 11.7 Å². The summed E-state index contributed by atoms with van der Waals surface area (Å²) in [4.78, 5) is 12.2. The van der Waals surface area contributed by atoms with Gasteiger partial charge in [-0.15, -0.1) is 10.2 Å². The zero-order valence-corrected chi connectivity index (χ0v) is 14.7. The van der Waals surface area contributed by atoms with Crippen molar-refractivity contribution >= 4 is 45.6 Å². The van der Waals surface area contributed by atoms with Gasteiger partial charge in [0, 0.05) is 5.69 Å². The van der Waals surface area contributed by atoms with Gasteiger partial charge < -0.3 is 5.32 Å². The molecule has 2 aromatic carbocycles. The number of benzene rings is 2. The van der Waals surface area contributed by atoms with Gasteiger partial charge in [0.1, 0.15) is 5.82 Å². The number of carbonyl (C=O) groups is 1. The highest BCUT2D eigenvalue weighted by Gasteiger charge is 2.15. The lowest BCUT2D eigenvalue weighted by molar-refractivity contribution is 0.102. The van der Waals surface area contributed by atoms with Crippen LogP contribution in [0.4, 0.5) is 10.1 Å². The predicted molar refractivity (Wildman–Crippen MR) is 99.1 cm³/mol. The minimum atomic E-state index is -0.462. The summed E-state index contributed by atoms with van der Waals surface area (Å²) in [5.41, 5.74) is 1.70. The average molecular weight is 385 g/mol. The summed E-state index contributed by atoms with van der Waals surface area (Å²) in [5, 5.41) is 20.1. The van der Waals surface area contributed by atoms with Crippen molar-refractivity contribution in [3.63, 3.8) is 0 Å². The van der Waals surface area contributed by atoms with Gasteiger partial charge in [0.05, 0.1) is 16.7 Å². The molecule has 8 heteroatoms. The van der Waals surface area contributed by atoms with Gasteiger partial charge in [-0.25, -0.2) is 4.39 Å². The van der Waals surface area contributed by atoms with E-state index in [1.807, 2.05) is 0 Å². The number of nitrogens with one attached hydrogen (secondary N) is 1. The molecule has 0 bridgehead atoms. The van der Waals surface area contributed by atoms with Gasteiger partial charge in [0.2, 0.25) is 5.01 Å². The highest BCUT2D eigenvalue weighted by atomic mass is 35.5. The fraction of sp³-hybridized carbons (Fsp3) is 0. The number of hydrogen-bond donors (Lipinski definition) is 1. The molecule has 5 nitrogen and oxygen atoms in total. The van der Waals surface area contributed by atoms with E-state index in [1.165, 1.54) is 24.3 Å². The molecular weight excluding hydrogens is 375 g/mol. The Morgan fingerprint density at radius 1 is 1.19 bits per heavy atom. The van der Waals surface area contributed by atoms with Crippen molar-refractivity contribution in [3.05, 3.63) is 75.5 Å². The van der Waals surface area contributed by atoms with Crippen molar-refractivity contribution in [3.8, 4) is 6.07 Å². The van der Waals surface area contributed by atoms with Gasteiger partial charge in [-0.1, -0.05) is 35.1 Å². The summed E-state index contributed by atoms with van der Waals surface area (Å²) < 4.78 is 12.9. The molecule has 0 saturated heterocycles. The molecule has 26 heavy (non-hydrogen) atoms. The maximum Gasteiger partial charge on any atom is 0.286 e. The third-order valence-electron chi connectivity index (χ3n) is 3.23. The first-order valence-electron chi connectivity index (χ1n) is 7.33. The molecule has 0 aliphatic heterocycles. The monoisotopic (exact) mass is 384 g/mol. The highest BCUT2D eigenvalue weighted by molar-refractivity contribution is 7.15. The molecular formula is C18H10ClFN4OS. The van der Waals surface area contributed by atoms with E-state index in [-0.39, 0.29) is 5.01 Å². The Bertz CT molecular complexity index is 1020. The molecule has 1 amide bonds. The van der Waals surface area contributed by atoms with Crippen LogP contribution in [-0.4, -0.2) is 16.1 Å². The Morgan fingerprint density at radius 2 is 1.92 bits per heavy atom. The van der Waals surface area contributed by atoms with Gasteiger partial charge in [-0.2, -0.15) is 5.26 Å². The zero-order valence-electron chi connectivity index (χ0n) is 13.1. The second kappa shape index (κ2) is 7.87. The van der Waals surface area contributed by atoms with E-state index in [1.54, 1.807) is 30.3 Å². The topological polar surface area (TPSA) is 78.7 Å². The standard InChI is InChI=1S/C18H10ClFN4OS/c19-15(9-11-2-1-3-12(8-11)10-21)17-23-24-18(26-17)16(25)22-14-6-4-13(20)5-7-14/h1-9H,(H,22,25)/b15-9-. The van der Waals surface area contributed by atoms with Crippen LogP contribution in [0.2, 0.25) is 0 Å². The number of anilines is 1. The van der Waals surface area contributed by atoms with Crippen molar-refractivity contribution in [2.24, 2.45) is 0 Å². The van der Waals surface area contributed by atoms with Crippen LogP contribution < -0.4 is 5.32 Å². The second-order valence-electron chi connectivity index (χ2n) is 5.10. The summed E-state index contributed by atoms with van der Waals surface area (Å²) in [5.74, 6) is -0.852. The van der Waals surface area contributed by atoms with Crippen LogP contribution in [0.5, 0.6) is 0 Å². The number of rotatable bonds is 4. The summed E-state index contributed by atoms with van der Waals surface area (Å²) in [7, 11) is 0. The number of nitriles is 1. The molecule has 0 aliphatic rings. The lowest BCUT2D eigenvalue weighted by Gasteiger charge is -2.01. The van der Waals surface area contributed by atoms with Crippen LogP contribution in [0.3, 0.4) is 0 Å². The predicted octanol–water partition coefficient (Wildman–Crippen LogP) is 4.54. The minimum Gasteiger partial charge on any atom is -0.320 e. The maximum absolute atomic E-state index is 12.9. The molecule has 3 rings (SSSR count). The van der Waals surface area contributed by atoms with Crippen molar-refractivity contribution < 1.29 is 9.18 Å². The molecule has 128 valence electrons. The van der Waals surface area contributed by atoms with E-state index >= 15 is 0 Å². The smallest absolute Gasteiger partial charge is 0.286 e. The van der Waals surface area contributed by atoms with Crippen molar-refractivity contribution in [1.82, 2.24) is 10.2 Å². The van der Waals surface area contributed by atoms with Gasteiger partial charge in [-0.3, -0.25) is 4.79 Å². The molecule has 1 aromatic heterocycles. The molecule has 0 aliphatic carbocycles. The average Bonchev–Trinajstić information content (AvgIpc) is 3.14. The molecule has 1 heterocycles. The third-order valence-corrected chi connectivity index (χ3v) is 4.59. The molecule has 3 aromatic rings. The highest BCUT2D eigenvalue weighted by Crippen LogP contribution is 2.26. The summed E-state index contributed by atoms with van der Waals surface area (Å²) in [6.07, 6.45) is 1.64. The Labute approximate surface area is 157 Å². The first-order valence-corrected chi connectivity index (χ1v) is 8.53. The first-order chi connectivity index (χ1) is 12.5. The Balaban J connectivity index is 1.76. The number of halogens is 2. The van der Waals surface area contributed by atoms with Crippen molar-refractivity contribution in [2.75, 3.05) is 5.32 Å². The Kier molecular flexibility index (Phi) is 5.37. The summed E-state index contributed by atoms with van der Waals surface area (Å²) >= 11 is 7.27. The zero-order chi connectivity index (χ0) is 18.5. The Hall–Kier alpha value is -3.08. The number of carbonyl (C=O) groups excluding carboxylic acids is 1. The largest absolute Gasteiger partial charge is 0.320 e. The van der Waals surface area contributed by atoms with Crippen LogP contribution in [0, 0.1) is 17.1 Å². The maximum atomic E-state index is 12.9. The number of hydrogen-bond acceptors (Lipinski definition) is 5. The number of amides is 1. The van der Waals surface area contributed by atoms with Crippen LogP contribution in [0.15, 0.2) is 48.5 Å². The van der Waals surface area contributed by atoms with Gasteiger partial charge in [0.25, 0.3) is 5.91 Å². The lowest BCUT2D eigenvalue weighted by atomic mass is 10.1. The van der Waals surface area contributed by atoms with Crippen LogP contribution in [-0.2, 0) is 0 Å². The Morgan fingerprint density at radius 3 is 2.65 bits per heavy atom. The molecule has 0 saturated carbocycles. The fourth-order valence-electron chi connectivity index (χ4n) is 2.04. The van der Waals surface area contributed by atoms with E-state index in [0.717, 1.165) is 16.9 Å². The van der Waals surface area contributed by atoms with Crippen LogP contribution in [0.1, 0.15) is 25.9 Å². The van der Waals surface area contributed by atoms with E-state index in [2.05, 4.69) is 21.6 Å². The van der Waals surface area contributed by atoms with Crippen LogP contribution >= 0.6 is 22.9 Å². The molecule has 0 spiro atoms. The molecule has 0 radical (unpaired) electrons. The SMILES string of the molecule is N#Cc1cccc(/C=C(\Cl)c2nnc(C(=O)Nc3ccc(F)cc3)s2)c1. The van der Waals surface area contributed by atoms with E-state index in [0.29, 0.717) is 21.3 Å². The minimum absolute atomic E-state index is 0.127. The molecule has 0 fully saturated rings. The number of nitrogens with zero attached hydrogens (tertiary/aromatic N) is 3. The molecule has 1 N–H and O–H groups in total. The number of aromatic nitrogens is 2. The summed E-state index contributed by atoms with van der Waals surface area (Å²) in [6, 6.07) is 14.4. The first kappa shape index (κ1) is 17.7. The van der Waals surface area contributed by atoms with E-state index in [4.69, 9.17) is 16.9 Å². The van der Waals surface area contributed by atoms with Crippen LogP contribution in [0.25, 0.3) is 11.1 Å². The lowest BCUT2D eigenvalue weighted by Crippen LogP contribution is -2.11. The molecule has 0 atom stereocenters. The third kappa shape index (κ3) is 4.30. The summed E-state index contributed by atoms with van der Waals surface area (Å²) in [6.45, 7) is 0. The quantitative estimate of drug-likeness (QED) is 0.716. The van der Waals surface area contributed by atoms with Crippen molar-refractivity contribution in [2.45, 2.75) is 0 Å².